The second kappa shape index (κ2) is 7.75. The van der Waals surface area contributed by atoms with E-state index in [4.69, 9.17) is 9.51 Å². The van der Waals surface area contributed by atoms with Crippen LogP contribution in [0.15, 0.2) is 59.1 Å². The number of aryl methyl sites for hydroxylation is 3. The van der Waals surface area contributed by atoms with Crippen molar-refractivity contribution in [2.45, 2.75) is 32.7 Å². The number of amides is 2. The smallest absolute Gasteiger partial charge is 0.323 e. The van der Waals surface area contributed by atoms with E-state index < -0.39 is 0 Å². The lowest BCUT2D eigenvalue weighted by atomic mass is 10.1. The highest BCUT2D eigenvalue weighted by molar-refractivity contribution is 6.01. The summed E-state index contributed by atoms with van der Waals surface area (Å²) in [6.45, 7) is 3.54. The standard InChI is InChI=1S/C24H23N5O2/c1-14-23(15(2)31-29-14)28-24(30)25-18-9-11-20-17(13-18)8-12-22(26-20)27-21-10-7-16-5-3-4-6-19(16)21/h3-6,8-9,11-13,21H,7,10H2,1-2H3,(H,26,27)(H2,25,28,30)/t21-/m1/s1. The molecule has 2 aromatic heterocycles. The number of hydrogen-bond acceptors (Lipinski definition) is 5. The van der Waals surface area contributed by atoms with E-state index in [9.17, 15) is 4.79 Å². The number of hydrogen-bond donors (Lipinski definition) is 3. The van der Waals surface area contributed by atoms with Gasteiger partial charge in [0.05, 0.1) is 11.6 Å². The summed E-state index contributed by atoms with van der Waals surface area (Å²) in [6.07, 6.45) is 2.16. The maximum atomic E-state index is 12.4. The molecule has 7 nitrogen and oxygen atoms in total. The average Bonchev–Trinajstić information content (AvgIpc) is 3.32. The van der Waals surface area contributed by atoms with Gasteiger partial charge in [-0.25, -0.2) is 9.78 Å². The fraction of sp³-hybridized carbons (Fsp3) is 0.208. The molecule has 4 aromatic rings. The average molecular weight is 413 g/mol. The summed E-state index contributed by atoms with van der Waals surface area (Å²) in [5, 5.41) is 14.0. The maximum absolute atomic E-state index is 12.4. The topological polar surface area (TPSA) is 92.1 Å². The predicted molar refractivity (Wildman–Crippen MR) is 121 cm³/mol. The van der Waals surface area contributed by atoms with Crippen LogP contribution in [0.1, 0.15) is 35.0 Å². The molecular weight excluding hydrogens is 390 g/mol. The van der Waals surface area contributed by atoms with Crippen LogP contribution in [-0.2, 0) is 6.42 Å². The molecule has 0 fully saturated rings. The van der Waals surface area contributed by atoms with Gasteiger partial charge in [-0.05, 0) is 68.1 Å². The first-order valence-corrected chi connectivity index (χ1v) is 10.3. The molecule has 0 saturated heterocycles. The van der Waals surface area contributed by atoms with Gasteiger partial charge in [0, 0.05) is 11.1 Å². The van der Waals surface area contributed by atoms with Gasteiger partial charge in [0.15, 0.2) is 5.76 Å². The number of aromatic nitrogens is 2. The minimum Gasteiger partial charge on any atom is -0.363 e. The Balaban J connectivity index is 1.29. The van der Waals surface area contributed by atoms with Crippen molar-refractivity contribution < 1.29 is 9.32 Å². The highest BCUT2D eigenvalue weighted by Crippen LogP contribution is 2.33. The molecule has 2 aromatic carbocycles. The zero-order chi connectivity index (χ0) is 21.4. The molecule has 0 saturated carbocycles. The van der Waals surface area contributed by atoms with E-state index >= 15 is 0 Å². The molecule has 1 atom stereocenters. The van der Waals surface area contributed by atoms with E-state index in [0.29, 0.717) is 22.8 Å². The van der Waals surface area contributed by atoms with Gasteiger partial charge in [0.2, 0.25) is 0 Å². The van der Waals surface area contributed by atoms with Crippen LogP contribution in [0.3, 0.4) is 0 Å². The van der Waals surface area contributed by atoms with Crippen LogP contribution in [0, 0.1) is 13.8 Å². The van der Waals surface area contributed by atoms with Gasteiger partial charge in [-0.1, -0.05) is 29.4 Å². The van der Waals surface area contributed by atoms with Crippen molar-refractivity contribution >= 4 is 34.1 Å². The maximum Gasteiger partial charge on any atom is 0.323 e. The van der Waals surface area contributed by atoms with Gasteiger partial charge >= 0.3 is 6.03 Å². The second-order valence-electron chi connectivity index (χ2n) is 7.82. The minimum absolute atomic E-state index is 0.287. The third-order valence-electron chi connectivity index (χ3n) is 5.67. The van der Waals surface area contributed by atoms with Gasteiger partial charge in [0.1, 0.15) is 17.2 Å². The summed E-state index contributed by atoms with van der Waals surface area (Å²) in [6, 6.07) is 18.2. The van der Waals surface area contributed by atoms with E-state index in [0.717, 1.165) is 29.6 Å². The van der Waals surface area contributed by atoms with Crippen molar-refractivity contribution in [1.82, 2.24) is 10.1 Å². The molecule has 156 valence electrons. The van der Waals surface area contributed by atoms with Crippen molar-refractivity contribution in [3.05, 3.63) is 77.2 Å². The highest BCUT2D eigenvalue weighted by atomic mass is 16.5. The fourth-order valence-electron chi connectivity index (χ4n) is 4.11. The second-order valence-corrected chi connectivity index (χ2v) is 7.82. The monoisotopic (exact) mass is 413 g/mol. The molecule has 1 aliphatic carbocycles. The van der Waals surface area contributed by atoms with E-state index in [1.54, 1.807) is 13.8 Å². The number of pyridine rings is 1. The lowest BCUT2D eigenvalue weighted by Crippen LogP contribution is -2.20. The van der Waals surface area contributed by atoms with Crippen LogP contribution in [0.5, 0.6) is 0 Å². The zero-order valence-electron chi connectivity index (χ0n) is 17.4. The molecule has 0 radical (unpaired) electrons. The van der Waals surface area contributed by atoms with Gasteiger partial charge < -0.3 is 20.5 Å². The Labute approximate surface area is 179 Å². The van der Waals surface area contributed by atoms with Crippen molar-refractivity contribution in [2.75, 3.05) is 16.0 Å². The fourth-order valence-corrected chi connectivity index (χ4v) is 4.11. The van der Waals surface area contributed by atoms with Crippen molar-refractivity contribution in [2.24, 2.45) is 0 Å². The van der Waals surface area contributed by atoms with Crippen molar-refractivity contribution in [1.29, 1.82) is 0 Å². The van der Waals surface area contributed by atoms with Crippen LogP contribution < -0.4 is 16.0 Å². The molecular formula is C24H23N5O2. The molecule has 2 heterocycles. The van der Waals surface area contributed by atoms with Gasteiger partial charge in [-0.15, -0.1) is 0 Å². The summed E-state index contributed by atoms with van der Waals surface area (Å²) in [4.78, 5) is 17.1. The number of nitrogens with one attached hydrogen (secondary N) is 3. The number of anilines is 3. The van der Waals surface area contributed by atoms with Gasteiger partial charge in [-0.3, -0.25) is 0 Å². The van der Waals surface area contributed by atoms with Crippen LogP contribution >= 0.6 is 0 Å². The summed E-state index contributed by atoms with van der Waals surface area (Å²) in [5.74, 6) is 1.42. The van der Waals surface area contributed by atoms with E-state index in [-0.39, 0.29) is 12.1 Å². The predicted octanol–water partition coefficient (Wildman–Crippen LogP) is 5.58. The third kappa shape index (κ3) is 3.82. The molecule has 0 spiro atoms. The zero-order valence-corrected chi connectivity index (χ0v) is 17.4. The first-order chi connectivity index (χ1) is 15.1. The first-order valence-electron chi connectivity index (χ1n) is 10.3. The van der Waals surface area contributed by atoms with Crippen LogP contribution in [-0.4, -0.2) is 16.2 Å². The summed E-state index contributed by atoms with van der Waals surface area (Å²) in [5.41, 5.74) is 5.54. The lowest BCUT2D eigenvalue weighted by Gasteiger charge is -2.15. The molecule has 0 aliphatic heterocycles. The Kier molecular flexibility index (Phi) is 4.78. The molecule has 0 bridgehead atoms. The Morgan fingerprint density at radius 1 is 1.06 bits per heavy atom. The quantitative estimate of drug-likeness (QED) is 0.406. The lowest BCUT2D eigenvalue weighted by molar-refractivity contribution is 0.262. The number of benzene rings is 2. The molecule has 2 amide bonds. The molecule has 3 N–H and O–H groups in total. The van der Waals surface area contributed by atoms with Crippen LogP contribution in [0.2, 0.25) is 0 Å². The number of nitrogens with zero attached hydrogens (tertiary/aromatic N) is 2. The Morgan fingerprint density at radius 2 is 1.94 bits per heavy atom. The van der Waals surface area contributed by atoms with Crippen LogP contribution in [0.4, 0.5) is 22.0 Å². The summed E-state index contributed by atoms with van der Waals surface area (Å²) < 4.78 is 5.08. The molecule has 1 aliphatic rings. The van der Waals surface area contributed by atoms with Gasteiger partial charge in [-0.2, -0.15) is 0 Å². The molecule has 31 heavy (non-hydrogen) atoms. The molecule has 5 rings (SSSR count). The van der Waals surface area contributed by atoms with E-state index in [1.807, 2.05) is 30.3 Å². The normalized spacial score (nSPS) is 15.0. The highest BCUT2D eigenvalue weighted by Gasteiger charge is 2.22. The van der Waals surface area contributed by atoms with Crippen LogP contribution in [0.25, 0.3) is 10.9 Å². The Bertz CT molecular complexity index is 1260. The first kappa shape index (κ1) is 19.1. The van der Waals surface area contributed by atoms with Crippen molar-refractivity contribution in [3.63, 3.8) is 0 Å². The number of rotatable bonds is 4. The Hall–Kier alpha value is -3.87. The summed E-state index contributed by atoms with van der Waals surface area (Å²) in [7, 11) is 0. The molecule has 7 heteroatoms. The SMILES string of the molecule is Cc1noc(C)c1NC(=O)Nc1ccc2nc(N[C@@H]3CCc4ccccc43)ccc2c1. The van der Waals surface area contributed by atoms with E-state index in [1.165, 1.54) is 11.1 Å². The number of urea groups is 1. The minimum atomic E-state index is -0.347. The molecule has 0 unspecified atom stereocenters. The number of carbonyl (C=O) groups is 1. The van der Waals surface area contributed by atoms with Gasteiger partial charge in [0.25, 0.3) is 0 Å². The van der Waals surface area contributed by atoms with Crippen molar-refractivity contribution in [3.8, 4) is 0 Å². The Morgan fingerprint density at radius 3 is 2.77 bits per heavy atom. The third-order valence-corrected chi connectivity index (χ3v) is 5.67. The number of fused-ring (bicyclic) bond motifs is 2. The number of carbonyl (C=O) groups excluding carboxylic acids is 1. The summed E-state index contributed by atoms with van der Waals surface area (Å²) >= 11 is 0. The largest absolute Gasteiger partial charge is 0.363 e. The van der Waals surface area contributed by atoms with E-state index in [2.05, 4.69) is 45.4 Å².